The van der Waals surface area contributed by atoms with Crippen molar-refractivity contribution in [3.05, 3.63) is 41.3 Å². The van der Waals surface area contributed by atoms with Crippen LogP contribution in [0.2, 0.25) is 0 Å². The van der Waals surface area contributed by atoms with Crippen LogP contribution in [0.25, 0.3) is 16.2 Å². The van der Waals surface area contributed by atoms with Crippen LogP contribution >= 0.6 is 11.3 Å². The molecule has 3 rings (SSSR count). The van der Waals surface area contributed by atoms with Crippen LogP contribution in [0, 0.1) is 6.92 Å². The second-order valence-corrected chi connectivity index (χ2v) is 4.82. The fourth-order valence-electron chi connectivity index (χ4n) is 1.92. The number of carboxylic acids is 1. The summed E-state index contributed by atoms with van der Waals surface area (Å²) in [5.74, 6) is -0.934. The number of thiazole rings is 1. The largest absolute Gasteiger partial charge is 0.477 e. The van der Waals surface area contributed by atoms with Crippen molar-refractivity contribution in [2.45, 2.75) is 6.92 Å². The van der Waals surface area contributed by atoms with Crippen LogP contribution in [0.1, 0.15) is 15.4 Å². The quantitative estimate of drug-likeness (QED) is 0.767. The van der Waals surface area contributed by atoms with Gasteiger partial charge in [0.15, 0.2) is 4.96 Å². The van der Waals surface area contributed by atoms with E-state index in [9.17, 15) is 9.90 Å². The van der Waals surface area contributed by atoms with E-state index in [1.807, 2.05) is 11.3 Å². The zero-order valence-corrected chi connectivity index (χ0v) is 10.3. The molecule has 5 nitrogen and oxygen atoms in total. The van der Waals surface area contributed by atoms with Gasteiger partial charge in [0.05, 0.1) is 5.69 Å². The summed E-state index contributed by atoms with van der Waals surface area (Å²) in [6.07, 6.45) is 5.04. The number of carbonyl (C=O) groups is 1. The molecule has 18 heavy (non-hydrogen) atoms. The number of aromatic nitrogens is 3. The molecule has 0 aromatic carbocycles. The first-order valence-electron chi connectivity index (χ1n) is 5.29. The van der Waals surface area contributed by atoms with E-state index in [0.717, 1.165) is 11.3 Å². The standard InChI is InChI=1S/C12H9N3O2S/c1-7-6-14-12-15(7)9(10(18-12)11(16)17)8-2-4-13-5-3-8/h2-6H,1H3,(H,16,17). The van der Waals surface area contributed by atoms with Gasteiger partial charge in [-0.25, -0.2) is 9.78 Å². The van der Waals surface area contributed by atoms with Crippen molar-refractivity contribution in [3.8, 4) is 11.3 Å². The molecule has 0 spiro atoms. The van der Waals surface area contributed by atoms with E-state index in [1.165, 1.54) is 11.3 Å². The molecule has 6 heteroatoms. The molecular formula is C12H9N3O2S. The highest BCUT2D eigenvalue weighted by Gasteiger charge is 2.21. The number of fused-ring (bicyclic) bond motifs is 1. The molecule has 0 saturated heterocycles. The minimum atomic E-state index is -0.934. The number of nitrogens with zero attached hydrogens (tertiary/aromatic N) is 3. The van der Waals surface area contributed by atoms with Gasteiger partial charge < -0.3 is 5.11 Å². The lowest BCUT2D eigenvalue weighted by Crippen LogP contribution is -1.98. The molecule has 0 atom stereocenters. The van der Waals surface area contributed by atoms with E-state index < -0.39 is 5.97 Å². The molecule has 0 aliphatic rings. The average molecular weight is 259 g/mol. The molecule has 3 heterocycles. The van der Waals surface area contributed by atoms with E-state index in [-0.39, 0.29) is 0 Å². The lowest BCUT2D eigenvalue weighted by atomic mass is 10.1. The summed E-state index contributed by atoms with van der Waals surface area (Å²) in [7, 11) is 0. The topological polar surface area (TPSA) is 67.5 Å². The van der Waals surface area contributed by atoms with Crippen LogP contribution in [-0.4, -0.2) is 25.4 Å². The number of pyridine rings is 1. The smallest absolute Gasteiger partial charge is 0.348 e. The van der Waals surface area contributed by atoms with Gasteiger partial charge in [-0.3, -0.25) is 9.38 Å². The molecular weight excluding hydrogens is 250 g/mol. The molecule has 0 unspecified atom stereocenters. The van der Waals surface area contributed by atoms with E-state index in [0.29, 0.717) is 15.5 Å². The van der Waals surface area contributed by atoms with Crippen molar-refractivity contribution in [1.29, 1.82) is 0 Å². The maximum atomic E-state index is 11.3. The Balaban J connectivity index is 2.40. The van der Waals surface area contributed by atoms with Gasteiger partial charge in [-0.1, -0.05) is 11.3 Å². The summed E-state index contributed by atoms with van der Waals surface area (Å²) in [6.45, 7) is 1.91. The van der Waals surface area contributed by atoms with Crippen LogP contribution in [0.3, 0.4) is 0 Å². The van der Waals surface area contributed by atoms with Gasteiger partial charge in [-0.05, 0) is 19.1 Å². The predicted molar refractivity (Wildman–Crippen MR) is 68.0 cm³/mol. The molecule has 90 valence electrons. The van der Waals surface area contributed by atoms with Gasteiger partial charge in [0.25, 0.3) is 0 Å². The Morgan fingerprint density at radius 2 is 2.11 bits per heavy atom. The number of imidazole rings is 1. The highest BCUT2D eigenvalue weighted by molar-refractivity contribution is 7.19. The first-order valence-corrected chi connectivity index (χ1v) is 6.10. The van der Waals surface area contributed by atoms with E-state index in [2.05, 4.69) is 9.97 Å². The van der Waals surface area contributed by atoms with Gasteiger partial charge in [-0.2, -0.15) is 0 Å². The Kier molecular flexibility index (Phi) is 2.38. The lowest BCUT2D eigenvalue weighted by Gasteiger charge is -2.02. The Bertz CT molecular complexity index is 730. The van der Waals surface area contributed by atoms with Crippen molar-refractivity contribution in [1.82, 2.24) is 14.4 Å². The molecule has 3 aromatic heterocycles. The van der Waals surface area contributed by atoms with Crippen molar-refractivity contribution in [2.24, 2.45) is 0 Å². The first-order chi connectivity index (χ1) is 8.68. The van der Waals surface area contributed by atoms with Crippen molar-refractivity contribution in [3.63, 3.8) is 0 Å². The summed E-state index contributed by atoms with van der Waals surface area (Å²) in [6, 6.07) is 3.60. The third-order valence-electron chi connectivity index (χ3n) is 2.69. The third-order valence-corrected chi connectivity index (χ3v) is 3.73. The fraction of sp³-hybridized carbons (Fsp3) is 0.0833. The van der Waals surface area contributed by atoms with Gasteiger partial charge in [0.1, 0.15) is 4.88 Å². The summed E-state index contributed by atoms with van der Waals surface area (Å²) in [5, 5.41) is 9.29. The fourth-order valence-corrected chi connectivity index (χ4v) is 2.92. The molecule has 0 saturated carbocycles. The van der Waals surface area contributed by atoms with Gasteiger partial charge in [0.2, 0.25) is 0 Å². The number of hydrogen-bond donors (Lipinski definition) is 1. The molecule has 0 aliphatic heterocycles. The van der Waals surface area contributed by atoms with Crippen LogP contribution in [0.15, 0.2) is 30.7 Å². The average Bonchev–Trinajstić information content (AvgIpc) is 2.91. The van der Waals surface area contributed by atoms with Crippen molar-refractivity contribution >= 4 is 22.3 Å². The lowest BCUT2D eigenvalue weighted by molar-refractivity contribution is 0.0702. The predicted octanol–water partition coefficient (Wildman–Crippen LogP) is 2.46. The number of hydrogen-bond acceptors (Lipinski definition) is 4. The van der Waals surface area contributed by atoms with E-state index in [1.54, 1.807) is 30.7 Å². The summed E-state index contributed by atoms with van der Waals surface area (Å²) in [5.41, 5.74) is 2.41. The highest BCUT2D eigenvalue weighted by Crippen LogP contribution is 2.32. The summed E-state index contributed by atoms with van der Waals surface area (Å²) < 4.78 is 1.86. The maximum Gasteiger partial charge on any atom is 0.348 e. The minimum absolute atomic E-state index is 0.299. The van der Waals surface area contributed by atoms with Gasteiger partial charge >= 0.3 is 5.97 Å². The molecule has 0 amide bonds. The number of carboxylic acid groups (broad SMARTS) is 1. The summed E-state index contributed by atoms with van der Waals surface area (Å²) in [4.78, 5) is 20.5. The summed E-state index contributed by atoms with van der Waals surface area (Å²) >= 11 is 1.18. The maximum absolute atomic E-state index is 11.3. The monoisotopic (exact) mass is 259 g/mol. The Morgan fingerprint density at radius 3 is 2.78 bits per heavy atom. The Labute approximate surface area is 106 Å². The van der Waals surface area contributed by atoms with Crippen LogP contribution in [0.5, 0.6) is 0 Å². The molecule has 3 aromatic rings. The van der Waals surface area contributed by atoms with E-state index in [4.69, 9.17) is 0 Å². The molecule has 0 aliphatic carbocycles. The number of aromatic carboxylic acids is 1. The SMILES string of the molecule is Cc1cnc2sc(C(=O)O)c(-c3ccncc3)n12. The van der Waals surface area contributed by atoms with Crippen molar-refractivity contribution in [2.75, 3.05) is 0 Å². The Morgan fingerprint density at radius 1 is 1.39 bits per heavy atom. The van der Waals surface area contributed by atoms with Gasteiger partial charge in [0, 0.05) is 29.8 Å². The van der Waals surface area contributed by atoms with Crippen LogP contribution < -0.4 is 0 Å². The first kappa shape index (κ1) is 10.9. The molecule has 1 N–H and O–H groups in total. The van der Waals surface area contributed by atoms with E-state index >= 15 is 0 Å². The third kappa shape index (κ3) is 1.50. The number of rotatable bonds is 2. The van der Waals surface area contributed by atoms with Crippen LogP contribution in [0.4, 0.5) is 0 Å². The normalized spacial score (nSPS) is 10.9. The molecule has 0 radical (unpaired) electrons. The molecule has 0 fully saturated rings. The van der Waals surface area contributed by atoms with Gasteiger partial charge in [-0.15, -0.1) is 0 Å². The number of aryl methyl sites for hydroxylation is 1. The minimum Gasteiger partial charge on any atom is -0.477 e. The zero-order chi connectivity index (χ0) is 12.7. The Hall–Kier alpha value is -2.21. The molecule has 0 bridgehead atoms. The second-order valence-electron chi connectivity index (χ2n) is 3.84. The zero-order valence-electron chi connectivity index (χ0n) is 9.49. The van der Waals surface area contributed by atoms with Crippen molar-refractivity contribution < 1.29 is 9.90 Å². The second kappa shape index (κ2) is 3.92. The highest BCUT2D eigenvalue weighted by atomic mass is 32.1. The van der Waals surface area contributed by atoms with Crippen LogP contribution in [-0.2, 0) is 0 Å².